The van der Waals surface area contributed by atoms with E-state index in [1.165, 1.54) is 0 Å². The summed E-state index contributed by atoms with van der Waals surface area (Å²) in [6, 6.07) is 24.8. The number of amides is 1. The number of hydrogen-bond acceptors (Lipinski definition) is 2. The number of benzene rings is 3. The van der Waals surface area contributed by atoms with Crippen LogP contribution >= 0.6 is 11.6 Å². The summed E-state index contributed by atoms with van der Waals surface area (Å²) in [5, 5.41) is 11.4. The van der Waals surface area contributed by atoms with Crippen LogP contribution in [0.1, 0.15) is 28.3 Å². The van der Waals surface area contributed by atoms with Crippen LogP contribution in [0.4, 0.5) is 0 Å². The predicted molar refractivity (Wildman–Crippen MR) is 112 cm³/mol. The van der Waals surface area contributed by atoms with E-state index in [2.05, 4.69) is 0 Å². The van der Waals surface area contributed by atoms with E-state index in [0.29, 0.717) is 17.1 Å². The van der Waals surface area contributed by atoms with E-state index in [1.54, 1.807) is 4.90 Å². The lowest BCUT2D eigenvalue weighted by Gasteiger charge is -2.27. The minimum atomic E-state index is -0.362. The monoisotopic (exact) mass is 389 g/mol. The summed E-state index contributed by atoms with van der Waals surface area (Å²) in [7, 11) is 0. The lowest BCUT2D eigenvalue weighted by Crippen LogP contribution is -2.29. The molecule has 0 aliphatic carbocycles. The van der Waals surface area contributed by atoms with E-state index >= 15 is 0 Å². The topological polar surface area (TPSA) is 40.5 Å². The Morgan fingerprint density at radius 3 is 2.21 bits per heavy atom. The highest BCUT2D eigenvalue weighted by Crippen LogP contribution is 2.43. The average molecular weight is 390 g/mol. The largest absolute Gasteiger partial charge is 0.503 e. The third-order valence-electron chi connectivity index (χ3n) is 5.05. The third kappa shape index (κ3) is 3.41. The van der Waals surface area contributed by atoms with Crippen LogP contribution in [-0.4, -0.2) is 15.9 Å². The molecular weight excluding hydrogens is 370 g/mol. The number of halogens is 1. The zero-order valence-corrected chi connectivity index (χ0v) is 16.2. The van der Waals surface area contributed by atoms with Gasteiger partial charge >= 0.3 is 0 Å². The molecule has 1 atom stereocenters. The maximum atomic E-state index is 13.0. The van der Waals surface area contributed by atoms with Gasteiger partial charge in [-0.1, -0.05) is 83.9 Å². The number of rotatable bonds is 4. The van der Waals surface area contributed by atoms with Gasteiger partial charge in [-0.25, -0.2) is 0 Å². The van der Waals surface area contributed by atoms with Crippen molar-refractivity contribution < 1.29 is 9.90 Å². The van der Waals surface area contributed by atoms with Gasteiger partial charge in [0.25, 0.3) is 5.91 Å². The van der Waals surface area contributed by atoms with Crippen LogP contribution in [0.2, 0.25) is 5.02 Å². The Bertz CT molecular complexity index is 1020. The van der Waals surface area contributed by atoms with Crippen molar-refractivity contribution in [2.75, 3.05) is 0 Å². The van der Waals surface area contributed by atoms with Crippen molar-refractivity contribution in [3.63, 3.8) is 0 Å². The quantitative estimate of drug-likeness (QED) is 0.621. The lowest BCUT2D eigenvalue weighted by atomic mass is 9.93. The van der Waals surface area contributed by atoms with Crippen molar-refractivity contribution in [1.29, 1.82) is 0 Å². The summed E-state index contributed by atoms with van der Waals surface area (Å²) in [5.41, 5.74) is 4.54. The zero-order valence-electron chi connectivity index (χ0n) is 15.5. The van der Waals surface area contributed by atoms with Crippen LogP contribution in [0, 0.1) is 6.92 Å². The first kappa shape index (κ1) is 18.3. The van der Waals surface area contributed by atoms with Crippen LogP contribution in [-0.2, 0) is 11.3 Å². The summed E-state index contributed by atoms with van der Waals surface area (Å²) < 4.78 is 0. The number of hydrogen-bond donors (Lipinski definition) is 1. The van der Waals surface area contributed by atoms with Crippen LogP contribution in [0.3, 0.4) is 0 Å². The Morgan fingerprint density at radius 2 is 1.57 bits per heavy atom. The second kappa shape index (κ2) is 7.53. The van der Waals surface area contributed by atoms with Gasteiger partial charge in [0, 0.05) is 17.1 Å². The zero-order chi connectivity index (χ0) is 19.7. The molecule has 1 heterocycles. The highest BCUT2D eigenvalue weighted by molar-refractivity contribution is 6.30. The van der Waals surface area contributed by atoms with E-state index in [1.807, 2.05) is 85.8 Å². The van der Waals surface area contributed by atoms with Crippen molar-refractivity contribution in [3.8, 4) is 0 Å². The minimum absolute atomic E-state index is 0.188. The first-order chi connectivity index (χ1) is 13.5. The predicted octanol–water partition coefficient (Wildman–Crippen LogP) is 5.70. The maximum Gasteiger partial charge on any atom is 0.290 e. The van der Waals surface area contributed by atoms with Gasteiger partial charge < -0.3 is 10.0 Å². The van der Waals surface area contributed by atoms with Crippen molar-refractivity contribution >= 4 is 23.1 Å². The van der Waals surface area contributed by atoms with Gasteiger partial charge in [-0.05, 0) is 35.7 Å². The molecule has 1 aliphatic heterocycles. The first-order valence-corrected chi connectivity index (χ1v) is 9.53. The van der Waals surface area contributed by atoms with Crippen molar-refractivity contribution in [2.45, 2.75) is 19.5 Å². The van der Waals surface area contributed by atoms with E-state index in [9.17, 15) is 9.90 Å². The van der Waals surface area contributed by atoms with Gasteiger partial charge in [-0.3, -0.25) is 4.79 Å². The smallest absolute Gasteiger partial charge is 0.290 e. The molecule has 28 heavy (non-hydrogen) atoms. The molecule has 1 aliphatic rings. The fourth-order valence-corrected chi connectivity index (χ4v) is 3.74. The summed E-state index contributed by atoms with van der Waals surface area (Å²) in [6.45, 7) is 2.40. The molecule has 3 nitrogen and oxygen atoms in total. The SMILES string of the molecule is Cc1ccc(C2=C(O)C(=O)N(Cc3ccc(Cl)cc3)[C@H]2c2ccccc2)cc1. The molecule has 4 rings (SSSR count). The van der Waals surface area contributed by atoms with E-state index in [4.69, 9.17) is 11.6 Å². The molecule has 140 valence electrons. The number of carbonyl (C=O) groups is 1. The third-order valence-corrected chi connectivity index (χ3v) is 5.30. The maximum absolute atomic E-state index is 13.0. The van der Waals surface area contributed by atoms with E-state index < -0.39 is 0 Å². The second-order valence-electron chi connectivity index (χ2n) is 7.00. The van der Waals surface area contributed by atoms with Crippen LogP contribution in [0.25, 0.3) is 5.57 Å². The van der Waals surface area contributed by atoms with Crippen LogP contribution in [0.15, 0.2) is 84.6 Å². The second-order valence-corrected chi connectivity index (χ2v) is 7.44. The molecule has 0 saturated carbocycles. The Hall–Kier alpha value is -3.04. The fraction of sp³-hybridized carbons (Fsp3) is 0.125. The Kier molecular flexibility index (Phi) is 4.93. The Morgan fingerprint density at radius 1 is 0.929 bits per heavy atom. The number of aryl methyl sites for hydroxylation is 1. The van der Waals surface area contributed by atoms with Crippen LogP contribution < -0.4 is 0 Å². The van der Waals surface area contributed by atoms with E-state index in [-0.39, 0.29) is 17.7 Å². The van der Waals surface area contributed by atoms with Gasteiger partial charge in [-0.15, -0.1) is 0 Å². The first-order valence-electron chi connectivity index (χ1n) is 9.15. The Balaban J connectivity index is 1.79. The number of nitrogens with zero attached hydrogens (tertiary/aromatic N) is 1. The van der Waals surface area contributed by atoms with Crippen molar-refractivity contribution in [2.24, 2.45) is 0 Å². The molecule has 1 N–H and O–H groups in total. The van der Waals surface area contributed by atoms with Crippen molar-refractivity contribution in [1.82, 2.24) is 4.90 Å². The molecule has 3 aromatic rings. The molecule has 0 bridgehead atoms. The van der Waals surface area contributed by atoms with Crippen LogP contribution in [0.5, 0.6) is 0 Å². The fourth-order valence-electron chi connectivity index (χ4n) is 3.61. The van der Waals surface area contributed by atoms with Gasteiger partial charge in [0.05, 0.1) is 6.04 Å². The molecule has 0 radical (unpaired) electrons. The molecule has 0 spiro atoms. The van der Waals surface area contributed by atoms with Gasteiger partial charge in [0.2, 0.25) is 0 Å². The minimum Gasteiger partial charge on any atom is -0.503 e. The molecule has 3 aromatic carbocycles. The van der Waals surface area contributed by atoms with Crippen molar-refractivity contribution in [3.05, 3.63) is 112 Å². The van der Waals surface area contributed by atoms with Gasteiger partial charge in [-0.2, -0.15) is 0 Å². The Labute approximate surface area is 169 Å². The molecular formula is C24H20ClNO2. The summed E-state index contributed by atoms with van der Waals surface area (Å²) >= 11 is 5.99. The standard InChI is InChI=1S/C24H20ClNO2/c1-16-7-11-18(12-8-16)21-22(19-5-3-2-4-6-19)26(24(28)23(21)27)15-17-9-13-20(25)14-10-17/h2-14,22,27H,15H2,1H3/t22-/m0/s1. The molecule has 0 unspecified atom stereocenters. The molecule has 4 heteroatoms. The van der Waals surface area contributed by atoms with E-state index in [0.717, 1.165) is 22.3 Å². The average Bonchev–Trinajstić information content (AvgIpc) is 2.96. The molecule has 0 saturated heterocycles. The summed E-state index contributed by atoms with van der Waals surface area (Å²) in [5.74, 6) is -0.550. The van der Waals surface area contributed by atoms with Gasteiger partial charge in [0.1, 0.15) is 0 Å². The summed E-state index contributed by atoms with van der Waals surface area (Å²) in [6.07, 6.45) is 0. The highest BCUT2D eigenvalue weighted by atomic mass is 35.5. The number of carbonyl (C=O) groups excluding carboxylic acids is 1. The normalized spacial score (nSPS) is 16.7. The van der Waals surface area contributed by atoms with Gasteiger partial charge in [0.15, 0.2) is 5.76 Å². The molecule has 0 aromatic heterocycles. The molecule has 0 fully saturated rings. The summed E-state index contributed by atoms with van der Waals surface area (Å²) in [4.78, 5) is 14.7. The molecule has 1 amide bonds. The highest BCUT2D eigenvalue weighted by Gasteiger charge is 2.40. The lowest BCUT2D eigenvalue weighted by molar-refractivity contribution is -0.130. The number of aliphatic hydroxyl groups is 1. The number of aliphatic hydroxyl groups excluding tert-OH is 1.